The van der Waals surface area contributed by atoms with E-state index in [1.165, 1.54) is 13.3 Å². The molecule has 0 aliphatic heterocycles. The lowest BCUT2D eigenvalue weighted by Crippen LogP contribution is -2.32. The average molecular weight is 466 g/mol. The first-order chi connectivity index (χ1) is 15.9. The van der Waals surface area contributed by atoms with Crippen LogP contribution in [0.3, 0.4) is 0 Å². The van der Waals surface area contributed by atoms with Crippen LogP contribution >= 0.6 is 11.6 Å². The minimum Gasteiger partial charge on any atom is -0.493 e. The lowest BCUT2D eigenvalue weighted by molar-refractivity contribution is -0.136. The summed E-state index contributed by atoms with van der Waals surface area (Å²) in [6.45, 7) is 1.88. The van der Waals surface area contributed by atoms with Gasteiger partial charge in [0.25, 0.3) is 0 Å². The van der Waals surface area contributed by atoms with Crippen LogP contribution < -0.4 is 20.2 Å². The topological polar surface area (TPSA) is 106 Å². The first kappa shape index (κ1) is 23.5. The number of aryl methyl sites for hydroxylation is 1. The number of esters is 1. The van der Waals surface area contributed by atoms with Crippen LogP contribution in [0.5, 0.6) is 11.5 Å². The summed E-state index contributed by atoms with van der Waals surface area (Å²) < 4.78 is 10.7. The number of methoxy groups -OCH3 is 1. The molecule has 0 saturated heterocycles. The Bertz CT molecular complexity index is 1210. The third-order valence-corrected chi connectivity index (χ3v) is 4.58. The maximum absolute atomic E-state index is 12.4. The molecule has 0 atom stereocenters. The maximum Gasteiger partial charge on any atom is 0.343 e. The zero-order valence-corrected chi connectivity index (χ0v) is 18.6. The second kappa shape index (κ2) is 10.9. The van der Waals surface area contributed by atoms with Gasteiger partial charge in [0.15, 0.2) is 11.5 Å². The Kier molecular flexibility index (Phi) is 7.77. The van der Waals surface area contributed by atoms with Crippen LogP contribution in [0.2, 0.25) is 5.02 Å². The average Bonchev–Trinajstić information content (AvgIpc) is 2.81. The fraction of sp³-hybridized carbons (Fsp3) is 0.0833. The number of nitrogens with one attached hydrogen (secondary N) is 2. The molecule has 9 heteroatoms. The van der Waals surface area contributed by atoms with Gasteiger partial charge < -0.3 is 14.8 Å². The third kappa shape index (κ3) is 6.65. The minimum atomic E-state index is -0.947. The van der Waals surface area contributed by atoms with E-state index < -0.39 is 17.8 Å². The monoisotopic (exact) mass is 465 g/mol. The number of nitrogens with zero attached hydrogens (tertiary/aromatic N) is 1. The summed E-state index contributed by atoms with van der Waals surface area (Å²) in [4.78, 5) is 36.2. The summed E-state index contributed by atoms with van der Waals surface area (Å²) in [7, 11) is 1.43. The van der Waals surface area contributed by atoms with Crippen molar-refractivity contribution in [3.05, 3.63) is 88.4 Å². The summed E-state index contributed by atoms with van der Waals surface area (Å²) in [6.07, 6.45) is 1.32. The molecule has 33 heavy (non-hydrogen) atoms. The lowest BCUT2D eigenvalue weighted by Gasteiger charge is -2.10. The SMILES string of the molecule is COc1cc(C=NNC(=O)C(=O)Nc2ccc(Cl)cc2)ccc1OC(=O)c1cccc(C)c1. The number of benzene rings is 3. The highest BCUT2D eigenvalue weighted by Crippen LogP contribution is 2.28. The number of hydrazone groups is 1. The second-order valence-corrected chi connectivity index (χ2v) is 7.27. The molecule has 0 radical (unpaired) electrons. The predicted octanol–water partition coefficient (Wildman–Crippen LogP) is 3.97. The number of anilines is 1. The van der Waals surface area contributed by atoms with E-state index in [1.54, 1.807) is 60.7 Å². The number of amides is 2. The Morgan fingerprint density at radius 3 is 2.39 bits per heavy atom. The summed E-state index contributed by atoms with van der Waals surface area (Å²) in [5.74, 6) is -1.82. The molecule has 2 N–H and O–H groups in total. The summed E-state index contributed by atoms with van der Waals surface area (Å²) >= 11 is 5.78. The molecular formula is C24H20ClN3O5. The summed E-state index contributed by atoms with van der Waals surface area (Å²) in [5, 5.41) is 6.71. The van der Waals surface area contributed by atoms with Crippen LogP contribution in [0.1, 0.15) is 21.5 Å². The molecule has 0 unspecified atom stereocenters. The Hall–Kier alpha value is -4.17. The lowest BCUT2D eigenvalue weighted by atomic mass is 10.1. The van der Waals surface area contributed by atoms with Crippen LogP contribution in [-0.4, -0.2) is 31.1 Å². The van der Waals surface area contributed by atoms with Crippen LogP contribution in [0.4, 0.5) is 5.69 Å². The van der Waals surface area contributed by atoms with E-state index in [9.17, 15) is 14.4 Å². The van der Waals surface area contributed by atoms with Gasteiger partial charge in [-0.05, 0) is 67.1 Å². The van der Waals surface area contributed by atoms with Crippen LogP contribution in [0.15, 0.2) is 71.8 Å². The predicted molar refractivity (Wildman–Crippen MR) is 125 cm³/mol. The first-order valence-corrected chi connectivity index (χ1v) is 10.1. The van der Waals surface area contributed by atoms with Crippen LogP contribution in [0, 0.1) is 6.92 Å². The second-order valence-electron chi connectivity index (χ2n) is 6.83. The molecule has 3 aromatic rings. The number of rotatable bonds is 6. The number of carbonyl (C=O) groups is 3. The fourth-order valence-corrected chi connectivity index (χ4v) is 2.84. The molecule has 0 spiro atoms. The highest BCUT2D eigenvalue weighted by molar-refractivity contribution is 6.39. The summed E-state index contributed by atoms with van der Waals surface area (Å²) in [5.41, 5.74) is 4.46. The molecule has 0 aliphatic carbocycles. The van der Waals surface area contributed by atoms with E-state index in [2.05, 4.69) is 15.8 Å². The van der Waals surface area contributed by atoms with Crippen molar-refractivity contribution in [1.29, 1.82) is 0 Å². The Balaban J connectivity index is 1.60. The van der Waals surface area contributed by atoms with Gasteiger partial charge in [-0.15, -0.1) is 0 Å². The van der Waals surface area contributed by atoms with Crippen LogP contribution in [-0.2, 0) is 9.59 Å². The first-order valence-electron chi connectivity index (χ1n) is 9.72. The van der Waals surface area contributed by atoms with Crippen molar-refractivity contribution >= 4 is 41.3 Å². The molecular weight excluding hydrogens is 446 g/mol. The van der Waals surface area contributed by atoms with Gasteiger partial charge >= 0.3 is 17.8 Å². The molecule has 3 rings (SSSR count). The van der Waals surface area contributed by atoms with E-state index in [-0.39, 0.29) is 5.75 Å². The smallest absolute Gasteiger partial charge is 0.343 e. The van der Waals surface area contributed by atoms with Gasteiger partial charge in [-0.1, -0.05) is 29.3 Å². The summed E-state index contributed by atoms with van der Waals surface area (Å²) in [6, 6.07) is 18.1. The van der Waals surface area contributed by atoms with E-state index in [1.807, 2.05) is 13.0 Å². The number of carbonyl (C=O) groups excluding carboxylic acids is 3. The molecule has 0 heterocycles. The number of ether oxygens (including phenoxy) is 2. The highest BCUT2D eigenvalue weighted by atomic mass is 35.5. The zero-order chi connectivity index (χ0) is 23.8. The molecule has 3 aromatic carbocycles. The number of hydrogen-bond donors (Lipinski definition) is 2. The standard InChI is InChI=1S/C24H20ClN3O5/c1-15-4-3-5-17(12-15)24(31)33-20-11-6-16(13-21(20)32-2)14-26-28-23(30)22(29)27-19-9-7-18(25)8-10-19/h3-14H,1-2H3,(H,27,29)(H,28,30). The third-order valence-electron chi connectivity index (χ3n) is 4.33. The fourth-order valence-electron chi connectivity index (χ4n) is 2.72. The van der Waals surface area contributed by atoms with Crippen molar-refractivity contribution in [2.45, 2.75) is 6.92 Å². The van der Waals surface area contributed by atoms with Crippen molar-refractivity contribution in [2.75, 3.05) is 12.4 Å². The molecule has 168 valence electrons. The van der Waals surface area contributed by atoms with Gasteiger partial charge in [0, 0.05) is 10.7 Å². The van der Waals surface area contributed by atoms with Crippen molar-refractivity contribution in [1.82, 2.24) is 5.43 Å². The van der Waals surface area contributed by atoms with E-state index in [0.717, 1.165) is 5.56 Å². The Labute approximate surface area is 195 Å². The van der Waals surface area contributed by atoms with Crippen molar-refractivity contribution in [3.63, 3.8) is 0 Å². The zero-order valence-electron chi connectivity index (χ0n) is 17.8. The Morgan fingerprint density at radius 1 is 0.939 bits per heavy atom. The molecule has 0 fully saturated rings. The number of hydrogen-bond acceptors (Lipinski definition) is 6. The van der Waals surface area contributed by atoms with Crippen LogP contribution in [0.25, 0.3) is 0 Å². The molecule has 8 nitrogen and oxygen atoms in total. The van der Waals surface area contributed by atoms with E-state index in [0.29, 0.717) is 27.6 Å². The molecule has 0 aliphatic rings. The van der Waals surface area contributed by atoms with Gasteiger partial charge in [0.2, 0.25) is 0 Å². The van der Waals surface area contributed by atoms with Gasteiger partial charge in [0.1, 0.15) is 0 Å². The highest BCUT2D eigenvalue weighted by Gasteiger charge is 2.14. The molecule has 0 aromatic heterocycles. The molecule has 0 bridgehead atoms. The molecule has 2 amide bonds. The van der Waals surface area contributed by atoms with Gasteiger partial charge in [-0.2, -0.15) is 5.10 Å². The van der Waals surface area contributed by atoms with Gasteiger partial charge in [-0.3, -0.25) is 9.59 Å². The minimum absolute atomic E-state index is 0.229. The van der Waals surface area contributed by atoms with Crippen molar-refractivity contribution in [2.24, 2.45) is 5.10 Å². The number of halogens is 1. The maximum atomic E-state index is 12.4. The van der Waals surface area contributed by atoms with Crippen molar-refractivity contribution < 1.29 is 23.9 Å². The molecule has 0 saturated carbocycles. The largest absolute Gasteiger partial charge is 0.493 e. The van der Waals surface area contributed by atoms with Gasteiger partial charge in [-0.25, -0.2) is 10.2 Å². The van der Waals surface area contributed by atoms with Crippen molar-refractivity contribution in [3.8, 4) is 11.5 Å². The van der Waals surface area contributed by atoms with E-state index >= 15 is 0 Å². The van der Waals surface area contributed by atoms with Gasteiger partial charge in [0.05, 0.1) is 18.9 Å². The quantitative estimate of drug-likeness (QED) is 0.188. The Morgan fingerprint density at radius 2 is 1.70 bits per heavy atom. The normalized spacial score (nSPS) is 10.5. The van der Waals surface area contributed by atoms with E-state index in [4.69, 9.17) is 21.1 Å².